The van der Waals surface area contributed by atoms with E-state index in [0.29, 0.717) is 40.9 Å². The Balaban J connectivity index is 1.57. The summed E-state index contributed by atoms with van der Waals surface area (Å²) < 4.78 is 27.3. The molecule has 9 heteroatoms. The van der Waals surface area contributed by atoms with E-state index in [1.807, 2.05) is 6.07 Å². The molecule has 1 unspecified atom stereocenters. The maximum Gasteiger partial charge on any atom is 0.233 e. The van der Waals surface area contributed by atoms with Crippen molar-refractivity contribution in [3.8, 4) is 0 Å². The van der Waals surface area contributed by atoms with Crippen LogP contribution in [0.5, 0.6) is 0 Å². The van der Waals surface area contributed by atoms with Crippen molar-refractivity contribution in [1.29, 1.82) is 0 Å². The van der Waals surface area contributed by atoms with Crippen molar-refractivity contribution in [3.05, 3.63) is 53.0 Å². The van der Waals surface area contributed by atoms with Crippen LogP contribution in [0.25, 0.3) is 0 Å². The standard InChI is InChI=1S/C20H23F2N7/c1-10(2)16-9-17(29-28-16)24-20-26-18(12-4-5-12)25-19(27-20)23-11(3)14-7-6-13(21)8-15(14)22/h6-12H,4-5H2,1-3H3,(H3,23,24,25,26,27,28,29). The largest absolute Gasteiger partial charge is 0.347 e. The lowest BCUT2D eigenvalue weighted by Crippen LogP contribution is -2.14. The minimum atomic E-state index is -0.613. The average Bonchev–Trinajstić information content (AvgIpc) is 3.40. The SMILES string of the molecule is CC(C)c1cc(Nc2nc(NC(C)c3ccc(F)cc3F)nc(C3CC3)n2)n[nH]1. The van der Waals surface area contributed by atoms with Crippen molar-refractivity contribution in [2.75, 3.05) is 10.6 Å². The summed E-state index contributed by atoms with van der Waals surface area (Å²) in [4.78, 5) is 13.4. The fourth-order valence-corrected chi connectivity index (χ4v) is 2.97. The number of hydrogen-bond acceptors (Lipinski definition) is 6. The summed E-state index contributed by atoms with van der Waals surface area (Å²) in [6.07, 6.45) is 2.07. The molecule has 0 aliphatic heterocycles. The average molecular weight is 399 g/mol. The summed E-state index contributed by atoms with van der Waals surface area (Å²) >= 11 is 0. The number of hydrogen-bond donors (Lipinski definition) is 3. The lowest BCUT2D eigenvalue weighted by Gasteiger charge is -2.16. The van der Waals surface area contributed by atoms with Crippen LogP contribution in [-0.2, 0) is 0 Å². The molecule has 29 heavy (non-hydrogen) atoms. The maximum atomic E-state index is 14.1. The van der Waals surface area contributed by atoms with E-state index >= 15 is 0 Å². The fourth-order valence-electron chi connectivity index (χ4n) is 2.97. The second kappa shape index (κ2) is 7.73. The van der Waals surface area contributed by atoms with Crippen LogP contribution < -0.4 is 10.6 Å². The lowest BCUT2D eigenvalue weighted by atomic mass is 10.1. The Morgan fingerprint density at radius 1 is 1.03 bits per heavy atom. The molecule has 0 amide bonds. The van der Waals surface area contributed by atoms with E-state index in [2.05, 4.69) is 49.6 Å². The summed E-state index contributed by atoms with van der Waals surface area (Å²) in [7, 11) is 0. The highest BCUT2D eigenvalue weighted by atomic mass is 19.1. The molecule has 1 aliphatic carbocycles. The van der Waals surface area contributed by atoms with E-state index in [-0.39, 0.29) is 0 Å². The lowest BCUT2D eigenvalue weighted by molar-refractivity contribution is 0.566. The van der Waals surface area contributed by atoms with Crippen molar-refractivity contribution in [2.24, 2.45) is 0 Å². The minimum Gasteiger partial charge on any atom is -0.347 e. The van der Waals surface area contributed by atoms with Gasteiger partial charge in [0.1, 0.15) is 17.5 Å². The van der Waals surface area contributed by atoms with Crippen molar-refractivity contribution in [2.45, 2.75) is 51.5 Å². The van der Waals surface area contributed by atoms with Gasteiger partial charge in [-0.25, -0.2) is 8.78 Å². The molecule has 3 N–H and O–H groups in total. The van der Waals surface area contributed by atoms with Crippen LogP contribution in [-0.4, -0.2) is 25.1 Å². The number of rotatable bonds is 7. The molecule has 2 aromatic heterocycles. The first-order valence-electron chi connectivity index (χ1n) is 9.69. The van der Waals surface area contributed by atoms with E-state index in [1.165, 1.54) is 12.1 Å². The van der Waals surface area contributed by atoms with Crippen molar-refractivity contribution in [3.63, 3.8) is 0 Å². The third kappa shape index (κ3) is 4.49. The summed E-state index contributed by atoms with van der Waals surface area (Å²) in [5.74, 6) is 1.42. The summed E-state index contributed by atoms with van der Waals surface area (Å²) in [5.41, 5.74) is 1.34. The Morgan fingerprint density at radius 2 is 1.79 bits per heavy atom. The van der Waals surface area contributed by atoms with E-state index in [0.717, 1.165) is 24.6 Å². The van der Waals surface area contributed by atoms with Crippen molar-refractivity contribution >= 4 is 17.7 Å². The van der Waals surface area contributed by atoms with E-state index in [1.54, 1.807) is 6.92 Å². The number of H-pyrrole nitrogens is 1. The minimum absolute atomic E-state index is 0.308. The summed E-state index contributed by atoms with van der Waals surface area (Å²) in [6, 6.07) is 4.98. The molecule has 0 spiro atoms. The molecular weight excluding hydrogens is 376 g/mol. The topological polar surface area (TPSA) is 91.4 Å². The molecule has 0 radical (unpaired) electrons. The van der Waals surface area contributed by atoms with Crippen LogP contribution in [0.3, 0.4) is 0 Å². The number of anilines is 3. The van der Waals surface area contributed by atoms with E-state index < -0.39 is 17.7 Å². The van der Waals surface area contributed by atoms with Crippen molar-refractivity contribution in [1.82, 2.24) is 25.1 Å². The van der Waals surface area contributed by atoms with Gasteiger partial charge in [0.2, 0.25) is 11.9 Å². The third-order valence-corrected chi connectivity index (χ3v) is 4.83. The molecule has 3 aromatic rings. The molecule has 7 nitrogen and oxygen atoms in total. The summed E-state index contributed by atoms with van der Waals surface area (Å²) in [6.45, 7) is 5.92. The number of nitrogens with one attached hydrogen (secondary N) is 3. The predicted octanol–water partition coefficient (Wildman–Crippen LogP) is 4.79. The Hall–Kier alpha value is -3.10. The highest BCUT2D eigenvalue weighted by Crippen LogP contribution is 2.38. The van der Waals surface area contributed by atoms with Gasteiger partial charge in [-0.3, -0.25) is 5.10 Å². The molecule has 0 bridgehead atoms. The Kier molecular flexibility index (Phi) is 5.12. The van der Waals surface area contributed by atoms with Gasteiger partial charge in [0.15, 0.2) is 5.82 Å². The molecule has 1 fully saturated rings. The number of benzene rings is 1. The molecule has 1 atom stereocenters. The van der Waals surface area contributed by atoms with Crippen LogP contribution in [0.4, 0.5) is 26.5 Å². The van der Waals surface area contributed by atoms with Gasteiger partial charge < -0.3 is 10.6 Å². The number of aromatic amines is 1. The first-order valence-corrected chi connectivity index (χ1v) is 9.69. The molecular formula is C20H23F2N7. The Labute approximate surface area is 167 Å². The van der Waals surface area contributed by atoms with E-state index in [9.17, 15) is 8.78 Å². The monoisotopic (exact) mass is 399 g/mol. The molecule has 1 saturated carbocycles. The summed E-state index contributed by atoms with van der Waals surface area (Å²) in [5, 5.41) is 13.4. The van der Waals surface area contributed by atoms with Crippen LogP contribution >= 0.6 is 0 Å². The zero-order valence-corrected chi connectivity index (χ0v) is 16.5. The van der Waals surface area contributed by atoms with Gasteiger partial charge in [-0.1, -0.05) is 19.9 Å². The van der Waals surface area contributed by atoms with Crippen LogP contribution in [0.2, 0.25) is 0 Å². The smallest absolute Gasteiger partial charge is 0.233 e. The molecule has 152 valence electrons. The number of nitrogens with zero attached hydrogens (tertiary/aromatic N) is 4. The second-order valence-electron chi connectivity index (χ2n) is 7.64. The Morgan fingerprint density at radius 3 is 2.45 bits per heavy atom. The molecule has 2 heterocycles. The Bertz CT molecular complexity index is 1010. The third-order valence-electron chi connectivity index (χ3n) is 4.83. The first-order chi connectivity index (χ1) is 13.9. The normalized spacial score (nSPS) is 14.8. The van der Waals surface area contributed by atoms with Gasteiger partial charge in [-0.05, 0) is 31.7 Å². The molecule has 1 aliphatic rings. The van der Waals surface area contributed by atoms with Crippen LogP contribution in [0.1, 0.15) is 68.6 Å². The first kappa shape index (κ1) is 19.2. The van der Waals surface area contributed by atoms with E-state index in [4.69, 9.17) is 0 Å². The number of aromatic nitrogens is 5. The molecule has 1 aromatic carbocycles. The van der Waals surface area contributed by atoms with Gasteiger partial charge in [-0.15, -0.1) is 0 Å². The maximum absolute atomic E-state index is 14.1. The molecule has 0 saturated heterocycles. The van der Waals surface area contributed by atoms with Gasteiger partial charge in [-0.2, -0.15) is 20.1 Å². The highest BCUT2D eigenvalue weighted by molar-refractivity contribution is 5.50. The quantitative estimate of drug-likeness (QED) is 0.529. The van der Waals surface area contributed by atoms with Gasteiger partial charge in [0.25, 0.3) is 0 Å². The number of halogens is 2. The predicted molar refractivity (Wildman–Crippen MR) is 106 cm³/mol. The second-order valence-corrected chi connectivity index (χ2v) is 7.64. The van der Waals surface area contributed by atoms with Crippen LogP contribution in [0, 0.1) is 11.6 Å². The van der Waals surface area contributed by atoms with Crippen molar-refractivity contribution < 1.29 is 8.78 Å². The highest BCUT2D eigenvalue weighted by Gasteiger charge is 2.28. The zero-order chi connectivity index (χ0) is 20.5. The van der Waals surface area contributed by atoms with Crippen LogP contribution in [0.15, 0.2) is 24.3 Å². The zero-order valence-electron chi connectivity index (χ0n) is 16.5. The fraction of sp³-hybridized carbons (Fsp3) is 0.400. The van der Waals surface area contributed by atoms with Gasteiger partial charge in [0.05, 0.1) is 6.04 Å². The molecule has 4 rings (SSSR count). The van der Waals surface area contributed by atoms with Gasteiger partial charge in [0, 0.05) is 29.3 Å². The van der Waals surface area contributed by atoms with Gasteiger partial charge >= 0.3 is 0 Å².